The average molecular weight is 246 g/mol. The molecule has 4 nitrogen and oxygen atoms in total. The molecule has 1 saturated heterocycles. The van der Waals surface area contributed by atoms with Gasteiger partial charge in [0, 0.05) is 12.1 Å². The highest BCUT2D eigenvalue weighted by Gasteiger charge is 2.29. The van der Waals surface area contributed by atoms with Crippen molar-refractivity contribution in [2.24, 2.45) is 5.92 Å². The quantitative estimate of drug-likeness (QED) is 0.832. The van der Waals surface area contributed by atoms with Crippen molar-refractivity contribution in [1.29, 1.82) is 0 Å². The van der Waals surface area contributed by atoms with Crippen LogP contribution in [0, 0.1) is 5.92 Å². The number of carbonyl (C=O) groups excluding carboxylic acids is 1. The van der Waals surface area contributed by atoms with E-state index in [9.17, 15) is 4.79 Å². The third kappa shape index (κ3) is 2.08. The van der Waals surface area contributed by atoms with Crippen LogP contribution in [0.5, 0.6) is 5.75 Å². The molecule has 3 rings (SSSR count). The van der Waals surface area contributed by atoms with Crippen LogP contribution in [0.4, 0.5) is 5.69 Å². The summed E-state index contributed by atoms with van der Waals surface area (Å²) in [6.45, 7) is 3.78. The van der Waals surface area contributed by atoms with E-state index >= 15 is 0 Å². The Morgan fingerprint density at radius 3 is 3.17 bits per heavy atom. The van der Waals surface area contributed by atoms with E-state index in [4.69, 9.17) is 4.74 Å². The molecule has 0 spiro atoms. The number of carbonyl (C=O) groups is 1. The smallest absolute Gasteiger partial charge is 0.241 e. The van der Waals surface area contributed by atoms with E-state index in [-0.39, 0.29) is 11.9 Å². The highest BCUT2D eigenvalue weighted by atomic mass is 16.5. The number of anilines is 1. The second-order valence-electron chi connectivity index (χ2n) is 5.11. The van der Waals surface area contributed by atoms with Crippen LogP contribution in [0.1, 0.15) is 18.9 Å². The van der Waals surface area contributed by atoms with Crippen molar-refractivity contribution >= 4 is 11.6 Å². The normalized spacial score (nSPS) is 25.6. The Balaban J connectivity index is 1.71. The number of amides is 1. The molecule has 2 atom stereocenters. The summed E-state index contributed by atoms with van der Waals surface area (Å²) in [5.74, 6) is 1.42. The van der Waals surface area contributed by atoms with Gasteiger partial charge in [0.1, 0.15) is 5.75 Å². The third-order valence-electron chi connectivity index (χ3n) is 3.77. The number of ether oxygens (including phenoxy) is 1. The van der Waals surface area contributed by atoms with Crippen molar-refractivity contribution in [2.75, 3.05) is 18.5 Å². The Morgan fingerprint density at radius 1 is 1.50 bits per heavy atom. The summed E-state index contributed by atoms with van der Waals surface area (Å²) in [6, 6.07) is 5.79. The van der Waals surface area contributed by atoms with E-state index < -0.39 is 0 Å². The molecule has 1 aromatic rings. The summed E-state index contributed by atoms with van der Waals surface area (Å²) in [5, 5.41) is 6.23. The van der Waals surface area contributed by atoms with Crippen molar-refractivity contribution in [3.05, 3.63) is 23.8 Å². The molecule has 2 unspecified atom stereocenters. The predicted octanol–water partition coefficient (Wildman–Crippen LogP) is 1.56. The lowest BCUT2D eigenvalue weighted by Crippen LogP contribution is -2.39. The fraction of sp³-hybridized carbons (Fsp3) is 0.500. The van der Waals surface area contributed by atoms with Crippen LogP contribution in [0.2, 0.25) is 0 Å². The van der Waals surface area contributed by atoms with E-state index in [0.717, 1.165) is 37.4 Å². The minimum Gasteiger partial charge on any atom is -0.493 e. The van der Waals surface area contributed by atoms with Crippen molar-refractivity contribution in [3.8, 4) is 5.75 Å². The summed E-state index contributed by atoms with van der Waals surface area (Å²) in [5.41, 5.74) is 2.05. The summed E-state index contributed by atoms with van der Waals surface area (Å²) >= 11 is 0. The molecule has 4 heteroatoms. The first-order valence-corrected chi connectivity index (χ1v) is 6.54. The SMILES string of the molecule is CC1CCNC1C(=O)Nc1ccc2c(c1)CCO2. The van der Waals surface area contributed by atoms with Crippen LogP contribution < -0.4 is 15.4 Å². The molecule has 0 saturated carbocycles. The summed E-state index contributed by atoms with van der Waals surface area (Å²) in [6.07, 6.45) is 1.99. The summed E-state index contributed by atoms with van der Waals surface area (Å²) in [7, 11) is 0. The summed E-state index contributed by atoms with van der Waals surface area (Å²) < 4.78 is 5.45. The lowest BCUT2D eigenvalue weighted by molar-refractivity contribution is -0.118. The van der Waals surface area contributed by atoms with E-state index in [1.807, 2.05) is 18.2 Å². The van der Waals surface area contributed by atoms with Gasteiger partial charge in [-0.15, -0.1) is 0 Å². The number of benzene rings is 1. The molecule has 2 heterocycles. The monoisotopic (exact) mass is 246 g/mol. The van der Waals surface area contributed by atoms with E-state index in [1.54, 1.807) is 0 Å². The lowest BCUT2D eigenvalue weighted by Gasteiger charge is -2.15. The van der Waals surface area contributed by atoms with Crippen molar-refractivity contribution in [3.63, 3.8) is 0 Å². The maximum atomic E-state index is 12.1. The molecule has 2 N–H and O–H groups in total. The van der Waals surface area contributed by atoms with Crippen molar-refractivity contribution in [1.82, 2.24) is 5.32 Å². The second-order valence-corrected chi connectivity index (χ2v) is 5.11. The molecule has 96 valence electrons. The van der Waals surface area contributed by atoms with Gasteiger partial charge in [0.25, 0.3) is 0 Å². The van der Waals surface area contributed by atoms with Gasteiger partial charge in [-0.1, -0.05) is 6.92 Å². The highest BCUT2D eigenvalue weighted by molar-refractivity contribution is 5.95. The molecule has 0 bridgehead atoms. The fourth-order valence-corrected chi connectivity index (χ4v) is 2.67. The molecule has 0 radical (unpaired) electrons. The van der Waals surface area contributed by atoms with Crippen LogP contribution in [-0.4, -0.2) is 25.1 Å². The number of hydrogen-bond donors (Lipinski definition) is 2. The molecule has 0 aromatic heterocycles. The Morgan fingerprint density at radius 2 is 2.39 bits per heavy atom. The van der Waals surface area contributed by atoms with Gasteiger partial charge in [-0.05, 0) is 42.6 Å². The molecular formula is C14H18N2O2. The van der Waals surface area contributed by atoms with E-state index in [0.29, 0.717) is 5.92 Å². The first kappa shape index (κ1) is 11.5. The van der Waals surface area contributed by atoms with Gasteiger partial charge in [0.2, 0.25) is 5.91 Å². The van der Waals surface area contributed by atoms with Crippen LogP contribution in [0.25, 0.3) is 0 Å². The molecule has 18 heavy (non-hydrogen) atoms. The topological polar surface area (TPSA) is 50.4 Å². The largest absolute Gasteiger partial charge is 0.493 e. The Kier molecular flexibility index (Phi) is 2.96. The van der Waals surface area contributed by atoms with Gasteiger partial charge in [0.05, 0.1) is 12.6 Å². The number of nitrogens with one attached hydrogen (secondary N) is 2. The molecule has 2 aliphatic rings. The minimum atomic E-state index is -0.0606. The minimum absolute atomic E-state index is 0.0606. The highest BCUT2D eigenvalue weighted by Crippen LogP contribution is 2.28. The number of hydrogen-bond acceptors (Lipinski definition) is 3. The van der Waals surface area contributed by atoms with Gasteiger partial charge in [-0.3, -0.25) is 4.79 Å². The van der Waals surface area contributed by atoms with Gasteiger partial charge < -0.3 is 15.4 Å². The molecule has 1 fully saturated rings. The molecular weight excluding hydrogens is 228 g/mol. The van der Waals surface area contributed by atoms with Gasteiger partial charge in [-0.2, -0.15) is 0 Å². The van der Waals surface area contributed by atoms with Gasteiger partial charge in [0.15, 0.2) is 0 Å². The first-order valence-electron chi connectivity index (χ1n) is 6.54. The second kappa shape index (κ2) is 4.61. The van der Waals surface area contributed by atoms with Gasteiger partial charge in [-0.25, -0.2) is 0 Å². The third-order valence-corrected chi connectivity index (χ3v) is 3.77. The zero-order chi connectivity index (χ0) is 12.5. The standard InChI is InChI=1S/C14H18N2O2/c1-9-4-6-15-13(9)14(17)16-11-2-3-12-10(8-11)5-7-18-12/h2-3,8-9,13,15H,4-7H2,1H3,(H,16,17). The molecule has 1 aromatic carbocycles. The Bertz CT molecular complexity index is 473. The average Bonchev–Trinajstić information content (AvgIpc) is 2.96. The zero-order valence-electron chi connectivity index (χ0n) is 10.5. The summed E-state index contributed by atoms with van der Waals surface area (Å²) in [4.78, 5) is 12.1. The van der Waals surface area contributed by atoms with Crippen molar-refractivity contribution < 1.29 is 9.53 Å². The Labute approximate surface area is 107 Å². The fourth-order valence-electron chi connectivity index (χ4n) is 2.67. The van der Waals surface area contributed by atoms with Crippen LogP contribution in [-0.2, 0) is 11.2 Å². The van der Waals surface area contributed by atoms with Crippen LogP contribution in [0.3, 0.4) is 0 Å². The van der Waals surface area contributed by atoms with Crippen molar-refractivity contribution in [2.45, 2.75) is 25.8 Å². The maximum Gasteiger partial charge on any atom is 0.241 e. The molecule has 0 aliphatic carbocycles. The number of rotatable bonds is 2. The van der Waals surface area contributed by atoms with Crippen LogP contribution in [0.15, 0.2) is 18.2 Å². The first-order chi connectivity index (χ1) is 8.74. The number of fused-ring (bicyclic) bond motifs is 1. The zero-order valence-corrected chi connectivity index (χ0v) is 10.5. The van der Waals surface area contributed by atoms with E-state index in [2.05, 4.69) is 17.6 Å². The van der Waals surface area contributed by atoms with Crippen LogP contribution >= 0.6 is 0 Å². The van der Waals surface area contributed by atoms with Gasteiger partial charge >= 0.3 is 0 Å². The molecule has 2 aliphatic heterocycles. The Hall–Kier alpha value is -1.55. The lowest BCUT2D eigenvalue weighted by atomic mass is 10.0. The molecule has 1 amide bonds. The van der Waals surface area contributed by atoms with E-state index in [1.165, 1.54) is 5.56 Å². The predicted molar refractivity (Wildman–Crippen MR) is 69.8 cm³/mol. The maximum absolute atomic E-state index is 12.1.